The van der Waals surface area contributed by atoms with Gasteiger partial charge in [-0.1, -0.05) is 11.6 Å². The van der Waals surface area contributed by atoms with Crippen LogP contribution in [0, 0.1) is 0 Å². The zero-order valence-corrected chi connectivity index (χ0v) is 7.25. The van der Waals surface area contributed by atoms with E-state index in [4.69, 9.17) is 16.3 Å². The number of halogens is 1. The summed E-state index contributed by atoms with van der Waals surface area (Å²) in [7, 11) is 1.62. The summed E-state index contributed by atoms with van der Waals surface area (Å²) in [6.45, 7) is 0. The summed E-state index contributed by atoms with van der Waals surface area (Å²) in [5.41, 5.74) is 0.820. The molecule has 2 aromatic rings. The fraction of sp³-hybridized carbons (Fsp3) is 0.125. The second-order valence-electron chi connectivity index (χ2n) is 2.38. The van der Waals surface area contributed by atoms with Gasteiger partial charge in [-0.25, -0.2) is 4.98 Å². The lowest BCUT2D eigenvalue weighted by Gasteiger charge is -1.99. The maximum Gasteiger partial charge on any atom is 0.138 e. The van der Waals surface area contributed by atoms with E-state index in [1.54, 1.807) is 23.9 Å². The molecule has 0 spiro atoms. The van der Waals surface area contributed by atoms with Gasteiger partial charge in [-0.2, -0.15) is 0 Å². The van der Waals surface area contributed by atoms with Gasteiger partial charge in [0.05, 0.1) is 19.5 Å². The summed E-state index contributed by atoms with van der Waals surface area (Å²) in [5.74, 6) is 0.766. The number of hydrogen-bond acceptors (Lipinski definition) is 2. The monoisotopic (exact) mass is 182 g/mol. The van der Waals surface area contributed by atoms with E-state index >= 15 is 0 Å². The van der Waals surface area contributed by atoms with Crippen molar-refractivity contribution in [2.45, 2.75) is 0 Å². The summed E-state index contributed by atoms with van der Waals surface area (Å²) < 4.78 is 6.80. The van der Waals surface area contributed by atoms with E-state index < -0.39 is 0 Å². The van der Waals surface area contributed by atoms with Crippen LogP contribution in [0.4, 0.5) is 0 Å². The topological polar surface area (TPSA) is 26.5 Å². The summed E-state index contributed by atoms with van der Waals surface area (Å²) in [6, 6.07) is 3.70. The van der Waals surface area contributed by atoms with Crippen molar-refractivity contribution in [1.29, 1.82) is 0 Å². The Morgan fingerprint density at radius 3 is 3.08 bits per heavy atom. The molecule has 0 unspecified atom stereocenters. The average molecular weight is 183 g/mol. The predicted octanol–water partition coefficient (Wildman–Crippen LogP) is 2.00. The molecule has 12 heavy (non-hydrogen) atoms. The molecule has 4 heteroatoms. The van der Waals surface area contributed by atoms with Gasteiger partial charge in [-0.15, -0.1) is 0 Å². The van der Waals surface area contributed by atoms with E-state index in [1.807, 2.05) is 12.1 Å². The molecule has 0 aromatic carbocycles. The minimum atomic E-state index is 0.587. The number of rotatable bonds is 1. The lowest BCUT2D eigenvalue weighted by atomic mass is 10.4. The number of nitrogens with zero attached hydrogens (tertiary/aromatic N) is 2. The van der Waals surface area contributed by atoms with E-state index in [0.717, 1.165) is 11.4 Å². The second-order valence-corrected chi connectivity index (χ2v) is 2.77. The van der Waals surface area contributed by atoms with Gasteiger partial charge >= 0.3 is 0 Å². The maximum atomic E-state index is 5.85. The molecule has 0 aliphatic heterocycles. The Balaban J connectivity index is 2.71. The molecule has 0 amide bonds. The zero-order valence-electron chi connectivity index (χ0n) is 6.49. The molecule has 0 aliphatic carbocycles. The molecule has 3 nitrogen and oxygen atoms in total. The number of fused-ring (bicyclic) bond motifs is 1. The third kappa shape index (κ3) is 1.02. The third-order valence-electron chi connectivity index (χ3n) is 1.67. The zero-order chi connectivity index (χ0) is 8.55. The Hall–Kier alpha value is -1.22. The van der Waals surface area contributed by atoms with E-state index in [-0.39, 0.29) is 0 Å². The summed E-state index contributed by atoms with van der Waals surface area (Å²) >= 11 is 5.85. The molecule has 0 bridgehead atoms. The molecule has 0 saturated carbocycles. The van der Waals surface area contributed by atoms with Gasteiger partial charge < -0.3 is 4.74 Å². The van der Waals surface area contributed by atoms with Crippen LogP contribution >= 0.6 is 11.6 Å². The molecule has 0 atom stereocenters. The first-order chi connectivity index (χ1) is 5.81. The minimum Gasteiger partial charge on any atom is -0.495 e. The Bertz CT molecular complexity index is 410. The maximum absolute atomic E-state index is 5.85. The fourth-order valence-electron chi connectivity index (χ4n) is 1.05. The van der Waals surface area contributed by atoms with Gasteiger partial charge in [0.15, 0.2) is 0 Å². The first-order valence-corrected chi connectivity index (χ1v) is 3.85. The van der Waals surface area contributed by atoms with Crippen LogP contribution in [0.25, 0.3) is 5.65 Å². The number of methoxy groups -OCH3 is 1. The van der Waals surface area contributed by atoms with Crippen molar-refractivity contribution >= 4 is 17.2 Å². The highest BCUT2D eigenvalue weighted by atomic mass is 35.5. The predicted molar refractivity (Wildman–Crippen MR) is 46.8 cm³/mol. The number of pyridine rings is 1. The van der Waals surface area contributed by atoms with Crippen LogP contribution in [0.2, 0.25) is 5.15 Å². The Morgan fingerprint density at radius 2 is 2.33 bits per heavy atom. The normalized spacial score (nSPS) is 10.5. The van der Waals surface area contributed by atoms with Crippen molar-refractivity contribution in [2.24, 2.45) is 0 Å². The second kappa shape index (κ2) is 2.68. The molecule has 0 radical (unpaired) electrons. The van der Waals surface area contributed by atoms with Gasteiger partial charge in [0.2, 0.25) is 0 Å². The van der Waals surface area contributed by atoms with Crippen LogP contribution in [0.1, 0.15) is 0 Å². The van der Waals surface area contributed by atoms with Gasteiger partial charge in [0.1, 0.15) is 16.5 Å². The van der Waals surface area contributed by atoms with E-state index in [9.17, 15) is 0 Å². The van der Waals surface area contributed by atoms with Crippen molar-refractivity contribution < 1.29 is 4.74 Å². The molecular formula is C8H7ClN2O. The number of ether oxygens (including phenoxy) is 1. The highest BCUT2D eigenvalue weighted by molar-refractivity contribution is 6.29. The standard InChI is InChI=1S/C8H7ClN2O/c1-12-6-2-3-8-10-4-7(9)11(8)5-6/h2-5H,1H3. The Kier molecular flexibility index (Phi) is 1.66. The lowest BCUT2D eigenvalue weighted by molar-refractivity contribution is 0.412. The molecule has 62 valence electrons. The first kappa shape index (κ1) is 7.43. The highest BCUT2D eigenvalue weighted by Crippen LogP contribution is 2.16. The molecule has 2 heterocycles. The molecule has 2 rings (SSSR count). The minimum absolute atomic E-state index is 0.587. The number of hydrogen-bond donors (Lipinski definition) is 0. The van der Waals surface area contributed by atoms with E-state index in [2.05, 4.69) is 4.98 Å². The fourth-order valence-corrected chi connectivity index (χ4v) is 1.24. The van der Waals surface area contributed by atoms with E-state index in [1.165, 1.54) is 0 Å². The molecule has 0 fully saturated rings. The quantitative estimate of drug-likeness (QED) is 0.675. The van der Waals surface area contributed by atoms with Gasteiger partial charge in [-0.05, 0) is 12.1 Å². The van der Waals surface area contributed by atoms with Crippen LogP contribution in [0.15, 0.2) is 24.5 Å². The first-order valence-electron chi connectivity index (χ1n) is 3.48. The summed E-state index contributed by atoms with van der Waals surface area (Å²) in [5, 5.41) is 0.587. The highest BCUT2D eigenvalue weighted by Gasteiger charge is 2.00. The van der Waals surface area contributed by atoms with Gasteiger partial charge in [0.25, 0.3) is 0 Å². The van der Waals surface area contributed by atoms with Crippen molar-refractivity contribution in [3.8, 4) is 5.75 Å². The van der Waals surface area contributed by atoms with Crippen LogP contribution in [-0.4, -0.2) is 16.5 Å². The van der Waals surface area contributed by atoms with E-state index in [0.29, 0.717) is 5.15 Å². The molecular weight excluding hydrogens is 176 g/mol. The Labute approximate surface area is 74.6 Å². The smallest absolute Gasteiger partial charge is 0.138 e. The number of aromatic nitrogens is 2. The molecule has 0 aliphatic rings. The van der Waals surface area contributed by atoms with Crippen LogP contribution in [-0.2, 0) is 0 Å². The van der Waals surface area contributed by atoms with Crippen LogP contribution in [0.3, 0.4) is 0 Å². The van der Waals surface area contributed by atoms with Gasteiger partial charge in [0, 0.05) is 0 Å². The third-order valence-corrected chi connectivity index (χ3v) is 1.95. The van der Waals surface area contributed by atoms with Crippen LogP contribution < -0.4 is 4.74 Å². The van der Waals surface area contributed by atoms with Crippen molar-refractivity contribution in [3.63, 3.8) is 0 Å². The molecule has 0 N–H and O–H groups in total. The van der Waals surface area contributed by atoms with Crippen molar-refractivity contribution in [1.82, 2.24) is 9.38 Å². The van der Waals surface area contributed by atoms with Crippen LogP contribution in [0.5, 0.6) is 5.75 Å². The van der Waals surface area contributed by atoms with Crippen molar-refractivity contribution in [2.75, 3.05) is 7.11 Å². The SMILES string of the molecule is COc1ccc2ncc(Cl)n2c1. The van der Waals surface area contributed by atoms with Gasteiger partial charge in [-0.3, -0.25) is 4.40 Å². The average Bonchev–Trinajstić information content (AvgIpc) is 2.47. The lowest BCUT2D eigenvalue weighted by Crippen LogP contribution is -1.88. The summed E-state index contributed by atoms with van der Waals surface area (Å²) in [6.07, 6.45) is 3.40. The molecule has 0 saturated heterocycles. The largest absolute Gasteiger partial charge is 0.495 e. The Morgan fingerprint density at radius 1 is 1.50 bits per heavy atom. The summed E-state index contributed by atoms with van der Waals surface area (Å²) in [4.78, 5) is 4.07. The number of imidazole rings is 1. The van der Waals surface area contributed by atoms with Crippen molar-refractivity contribution in [3.05, 3.63) is 29.7 Å². The molecule has 2 aromatic heterocycles.